The number of nitrogens with one attached hydrogen (secondary N) is 1. The molecule has 0 aliphatic rings. The number of carboxylic acid groups (broad SMARTS) is 1. The molecule has 0 atom stereocenters. The minimum atomic E-state index is -4.87. The van der Waals surface area contributed by atoms with Crippen LogP contribution in [0.5, 0.6) is 11.5 Å². The fourth-order valence-electron chi connectivity index (χ4n) is 4.40. The fraction of sp³-hybridized carbons (Fsp3) is 0.133. The van der Waals surface area contributed by atoms with Crippen LogP contribution in [0.3, 0.4) is 0 Å². The molecule has 4 aromatic carbocycles. The van der Waals surface area contributed by atoms with Crippen LogP contribution in [0.1, 0.15) is 10.4 Å². The Bertz CT molecular complexity index is 2800. The standard InChI is InChI=1S/C30H28N8O17S4/c31-30(43)32-24-15-19(5-10-23(24)36-33-17-1-6-20(7-2-17)56(44,45)13-11-54-58(48,49)50)35-38-27-25(39)16-22(29(41)42)26(28(27)40)37-34-18-3-8-21(9-4-18)57(46,47)14-12-55-59(51,52)53/h1-10,15-16,39-40H,11-14H2,(H,41,42)(H3,31,32,43)(H,48,49,50)(H,51,52,53). The number of rotatable bonds is 18. The molecule has 25 nitrogen and oxygen atoms in total. The minimum absolute atomic E-state index is 0.00203. The molecule has 4 rings (SSSR count). The second kappa shape index (κ2) is 18.5. The predicted molar refractivity (Wildman–Crippen MR) is 201 cm³/mol. The first kappa shape index (κ1) is 45.4. The van der Waals surface area contributed by atoms with Gasteiger partial charge in [-0.3, -0.25) is 9.11 Å². The number of amides is 2. The van der Waals surface area contributed by atoms with Gasteiger partial charge >= 0.3 is 32.8 Å². The molecule has 0 fully saturated rings. The number of urea groups is 1. The Morgan fingerprint density at radius 1 is 0.610 bits per heavy atom. The number of carboxylic acids is 1. The van der Waals surface area contributed by atoms with Crippen molar-refractivity contribution in [2.24, 2.45) is 36.4 Å². The fourth-order valence-corrected chi connectivity index (χ4v) is 7.38. The quantitative estimate of drug-likeness (QED) is 0.0524. The van der Waals surface area contributed by atoms with E-state index in [1.54, 1.807) is 0 Å². The predicted octanol–water partition coefficient (Wildman–Crippen LogP) is 4.72. The summed E-state index contributed by atoms with van der Waals surface area (Å²) in [4.78, 5) is 23.1. The van der Waals surface area contributed by atoms with Crippen molar-refractivity contribution in [1.29, 1.82) is 0 Å². The van der Waals surface area contributed by atoms with E-state index in [4.69, 9.17) is 14.8 Å². The summed E-state index contributed by atoms with van der Waals surface area (Å²) < 4.78 is 118. The number of carbonyl (C=O) groups is 2. The molecule has 0 saturated carbocycles. The van der Waals surface area contributed by atoms with Gasteiger partial charge in [0, 0.05) is 0 Å². The number of nitrogens with two attached hydrogens (primary N) is 1. The van der Waals surface area contributed by atoms with E-state index < -0.39 is 106 Å². The van der Waals surface area contributed by atoms with Crippen LogP contribution < -0.4 is 11.1 Å². The lowest BCUT2D eigenvalue weighted by molar-refractivity contribution is 0.0696. The molecule has 59 heavy (non-hydrogen) atoms. The highest BCUT2D eigenvalue weighted by Crippen LogP contribution is 2.47. The minimum Gasteiger partial charge on any atom is -0.505 e. The van der Waals surface area contributed by atoms with E-state index in [0.717, 1.165) is 36.4 Å². The molecule has 8 N–H and O–H groups in total. The lowest BCUT2D eigenvalue weighted by Crippen LogP contribution is -2.19. The second-order valence-electron chi connectivity index (χ2n) is 11.2. The van der Waals surface area contributed by atoms with Gasteiger partial charge in [0.15, 0.2) is 31.1 Å². The number of hydrogen-bond donors (Lipinski definition) is 7. The summed E-state index contributed by atoms with van der Waals surface area (Å²) in [6.45, 7) is -1.70. The number of primary amides is 1. The van der Waals surface area contributed by atoms with Crippen molar-refractivity contribution < 1.29 is 76.1 Å². The largest absolute Gasteiger partial charge is 0.505 e. The van der Waals surface area contributed by atoms with Crippen molar-refractivity contribution in [2.45, 2.75) is 9.79 Å². The highest BCUT2D eigenvalue weighted by atomic mass is 32.3. The maximum atomic E-state index is 12.4. The molecule has 0 aliphatic heterocycles. The number of hydrogen-bond acceptors (Lipinski definition) is 20. The second-order valence-corrected chi connectivity index (χ2v) is 17.6. The molecule has 4 aromatic rings. The van der Waals surface area contributed by atoms with Gasteiger partial charge in [0.2, 0.25) is 0 Å². The number of sulfone groups is 2. The molecule has 0 aromatic heterocycles. The normalized spacial score (nSPS) is 12.7. The third-order valence-corrected chi connectivity index (χ3v) is 11.4. The zero-order chi connectivity index (χ0) is 43.8. The first-order chi connectivity index (χ1) is 27.4. The summed E-state index contributed by atoms with van der Waals surface area (Å²) in [5.74, 6) is -5.09. The van der Waals surface area contributed by atoms with E-state index in [1.165, 1.54) is 30.3 Å². The van der Waals surface area contributed by atoms with Crippen LogP contribution in [-0.4, -0.2) is 94.8 Å². The smallest absolute Gasteiger partial charge is 0.397 e. The van der Waals surface area contributed by atoms with Gasteiger partial charge in [-0.15, -0.1) is 15.3 Å². The van der Waals surface area contributed by atoms with Crippen molar-refractivity contribution in [1.82, 2.24) is 0 Å². The molecular formula is C30H28N8O17S4. The zero-order valence-corrected chi connectivity index (χ0v) is 32.6. The summed E-state index contributed by atoms with van der Waals surface area (Å²) in [6, 6.07) is 12.6. The van der Waals surface area contributed by atoms with E-state index in [2.05, 4.69) is 44.4 Å². The highest BCUT2D eigenvalue weighted by molar-refractivity contribution is 7.91. The first-order valence-corrected chi connectivity index (χ1v) is 21.6. The molecule has 29 heteroatoms. The average molecular weight is 901 g/mol. The molecule has 0 bridgehead atoms. The first-order valence-electron chi connectivity index (χ1n) is 15.6. The number of azo groups is 3. The molecule has 314 valence electrons. The van der Waals surface area contributed by atoms with E-state index in [0.29, 0.717) is 6.07 Å². The van der Waals surface area contributed by atoms with Crippen LogP contribution in [0.4, 0.5) is 44.6 Å². The van der Waals surface area contributed by atoms with E-state index in [-0.39, 0.29) is 38.2 Å². The van der Waals surface area contributed by atoms with Crippen molar-refractivity contribution >= 4 is 92.3 Å². The molecule has 0 spiro atoms. The van der Waals surface area contributed by atoms with Crippen LogP contribution in [0.15, 0.2) is 113 Å². The Labute approximate surface area is 333 Å². The third kappa shape index (κ3) is 13.4. The van der Waals surface area contributed by atoms with Gasteiger partial charge in [-0.2, -0.15) is 32.2 Å². The molecule has 0 aliphatic carbocycles. The third-order valence-electron chi connectivity index (χ3n) is 7.06. The van der Waals surface area contributed by atoms with Gasteiger partial charge in [0.25, 0.3) is 0 Å². The number of phenols is 2. The van der Waals surface area contributed by atoms with Crippen LogP contribution in [0, 0.1) is 0 Å². The molecule has 0 unspecified atom stereocenters. The van der Waals surface area contributed by atoms with Crippen LogP contribution in [-0.2, 0) is 48.8 Å². The lowest BCUT2D eigenvalue weighted by atomic mass is 10.1. The Kier molecular flexibility index (Phi) is 14.2. The number of anilines is 1. The van der Waals surface area contributed by atoms with Crippen LogP contribution in [0.25, 0.3) is 0 Å². The maximum absolute atomic E-state index is 12.4. The number of carbonyl (C=O) groups excluding carboxylic acids is 1. The monoisotopic (exact) mass is 900 g/mol. The number of benzene rings is 4. The topological polar surface area (TPSA) is 403 Å². The van der Waals surface area contributed by atoms with Gasteiger partial charge in [0.1, 0.15) is 17.1 Å². The number of aromatic carboxylic acids is 1. The molecular weight excluding hydrogens is 873 g/mol. The SMILES string of the molecule is NC(=O)Nc1cc(N=Nc2c(O)cc(C(=O)O)c(N=Nc3ccc(S(=O)(=O)CCOS(=O)(=O)O)cc3)c2O)ccc1N=Nc1ccc(S(=O)(=O)CCOS(=O)(=O)O)cc1. The maximum Gasteiger partial charge on any atom is 0.397 e. The molecule has 0 heterocycles. The summed E-state index contributed by atoms with van der Waals surface area (Å²) in [7, 11) is -17.8. The highest BCUT2D eigenvalue weighted by Gasteiger charge is 2.23. The zero-order valence-electron chi connectivity index (χ0n) is 29.3. The lowest BCUT2D eigenvalue weighted by Gasteiger charge is -2.08. The summed E-state index contributed by atoms with van der Waals surface area (Å²) in [5, 5.41) is 56.6. The van der Waals surface area contributed by atoms with E-state index in [1.807, 2.05) is 0 Å². The van der Waals surface area contributed by atoms with E-state index in [9.17, 15) is 58.6 Å². The van der Waals surface area contributed by atoms with Crippen LogP contribution >= 0.6 is 0 Å². The molecule has 0 saturated heterocycles. The number of nitrogens with zero attached hydrogens (tertiary/aromatic N) is 6. The number of phenolic OH excluding ortho intramolecular Hbond substituents is 2. The van der Waals surface area contributed by atoms with Gasteiger partial charge in [-0.05, 0) is 72.8 Å². The van der Waals surface area contributed by atoms with Crippen molar-refractivity contribution in [3.63, 3.8) is 0 Å². The van der Waals surface area contributed by atoms with Crippen LogP contribution in [0.2, 0.25) is 0 Å². The summed E-state index contributed by atoms with van der Waals surface area (Å²) in [5.41, 5.74) is 3.10. The molecule has 0 radical (unpaired) electrons. The Morgan fingerprint density at radius 2 is 1.05 bits per heavy atom. The summed E-state index contributed by atoms with van der Waals surface area (Å²) in [6.07, 6.45) is 0. The van der Waals surface area contributed by atoms with Gasteiger partial charge in [-0.1, -0.05) is 0 Å². The van der Waals surface area contributed by atoms with Crippen molar-refractivity contribution in [2.75, 3.05) is 30.0 Å². The van der Waals surface area contributed by atoms with Gasteiger partial charge < -0.3 is 26.4 Å². The van der Waals surface area contributed by atoms with Crippen molar-refractivity contribution in [3.05, 3.63) is 78.4 Å². The van der Waals surface area contributed by atoms with E-state index >= 15 is 0 Å². The van der Waals surface area contributed by atoms with Gasteiger partial charge in [-0.25, -0.2) is 34.8 Å². The molecule has 2 amide bonds. The average Bonchev–Trinajstić information content (AvgIpc) is 3.12. The summed E-state index contributed by atoms with van der Waals surface area (Å²) >= 11 is 0. The van der Waals surface area contributed by atoms with Crippen molar-refractivity contribution in [3.8, 4) is 11.5 Å². The Morgan fingerprint density at radius 3 is 1.51 bits per heavy atom. The Balaban J connectivity index is 1.57. The Hall–Kier alpha value is -6.34. The number of aromatic hydroxyl groups is 2. The van der Waals surface area contributed by atoms with Gasteiger partial charge in [0.05, 0.1) is 62.8 Å².